The van der Waals surface area contributed by atoms with Crippen LogP contribution in [0.1, 0.15) is 97.3 Å². The topological polar surface area (TPSA) is 32.6 Å². The molecule has 1 unspecified atom stereocenters. The number of rotatable bonds is 17. The Morgan fingerprint density at radius 2 is 1.50 bits per heavy atom. The van der Waals surface area contributed by atoms with Gasteiger partial charge in [-0.3, -0.25) is 4.48 Å². The lowest BCUT2D eigenvalue weighted by molar-refractivity contribution is -0.835. The van der Waals surface area contributed by atoms with Gasteiger partial charge in [0.25, 0.3) is 0 Å². The quantitative estimate of drug-likeness (QED) is 0.195. The summed E-state index contributed by atoms with van der Waals surface area (Å²) in [6, 6.07) is 0. The Labute approximate surface area is 163 Å². The molecule has 1 aliphatic rings. The molecular formula is C23H45N2O+. The van der Waals surface area contributed by atoms with Crippen LogP contribution in [0.2, 0.25) is 0 Å². The highest BCUT2D eigenvalue weighted by Gasteiger charge is 2.35. The van der Waals surface area contributed by atoms with Crippen molar-refractivity contribution in [3.63, 3.8) is 0 Å². The fraction of sp³-hybridized carbons (Fsp3) is 0.870. The summed E-state index contributed by atoms with van der Waals surface area (Å²) < 4.78 is 0.947. The number of amidine groups is 1. The highest BCUT2D eigenvalue weighted by molar-refractivity contribution is 5.76. The van der Waals surface area contributed by atoms with Crippen molar-refractivity contribution in [1.82, 2.24) is 0 Å². The van der Waals surface area contributed by atoms with Crippen LogP contribution in [0.25, 0.3) is 0 Å². The number of allylic oxidation sites excluding steroid dienone is 2. The second-order valence-electron chi connectivity index (χ2n) is 7.91. The lowest BCUT2D eigenvalue weighted by atomic mass is 10.1. The van der Waals surface area contributed by atoms with Crippen molar-refractivity contribution >= 4 is 5.84 Å². The minimum absolute atomic E-state index is 0.279. The number of aliphatic imine (C=N–C) groups is 1. The fourth-order valence-electron chi connectivity index (χ4n) is 4.07. The average molecular weight is 366 g/mol. The Bertz CT molecular complexity index is 392. The molecule has 0 saturated heterocycles. The van der Waals surface area contributed by atoms with Crippen molar-refractivity contribution in [3.05, 3.63) is 12.2 Å². The zero-order valence-corrected chi connectivity index (χ0v) is 17.7. The van der Waals surface area contributed by atoms with Gasteiger partial charge in [0.15, 0.2) is 5.84 Å². The van der Waals surface area contributed by atoms with Crippen molar-refractivity contribution in [2.75, 3.05) is 32.8 Å². The van der Waals surface area contributed by atoms with Crippen LogP contribution in [0.4, 0.5) is 0 Å². The Morgan fingerprint density at radius 1 is 0.885 bits per heavy atom. The van der Waals surface area contributed by atoms with Crippen molar-refractivity contribution in [2.45, 2.75) is 97.3 Å². The summed E-state index contributed by atoms with van der Waals surface area (Å²) in [5.74, 6) is 1.35. The second kappa shape index (κ2) is 15.4. The van der Waals surface area contributed by atoms with Gasteiger partial charge in [0.1, 0.15) is 13.1 Å². The Morgan fingerprint density at radius 3 is 2.12 bits per heavy atom. The van der Waals surface area contributed by atoms with Gasteiger partial charge in [-0.2, -0.15) is 0 Å². The van der Waals surface area contributed by atoms with Crippen LogP contribution in [-0.2, 0) is 0 Å². The first-order chi connectivity index (χ1) is 12.8. The van der Waals surface area contributed by atoms with E-state index in [2.05, 4.69) is 26.0 Å². The molecule has 26 heavy (non-hydrogen) atoms. The van der Waals surface area contributed by atoms with Crippen LogP contribution in [0.15, 0.2) is 17.1 Å². The van der Waals surface area contributed by atoms with Gasteiger partial charge in [-0.05, 0) is 39.0 Å². The Balaban J connectivity index is 1.95. The predicted molar refractivity (Wildman–Crippen MR) is 115 cm³/mol. The molecule has 0 saturated carbocycles. The van der Waals surface area contributed by atoms with Gasteiger partial charge in [-0.15, -0.1) is 0 Å². The first-order valence-corrected chi connectivity index (χ1v) is 11.4. The van der Waals surface area contributed by atoms with Crippen LogP contribution >= 0.6 is 0 Å². The monoisotopic (exact) mass is 365 g/mol. The second-order valence-corrected chi connectivity index (χ2v) is 7.91. The molecule has 0 aromatic rings. The number of hydrogen-bond acceptors (Lipinski definition) is 2. The Kier molecular flexibility index (Phi) is 13.8. The van der Waals surface area contributed by atoms with E-state index in [0.29, 0.717) is 0 Å². The van der Waals surface area contributed by atoms with Gasteiger partial charge in [0.05, 0.1) is 19.7 Å². The maximum Gasteiger partial charge on any atom is 0.198 e. The summed E-state index contributed by atoms with van der Waals surface area (Å²) in [6.45, 7) is 8.75. The van der Waals surface area contributed by atoms with Crippen LogP contribution in [0.5, 0.6) is 0 Å². The molecule has 0 spiro atoms. The number of likely N-dealkylation sites (N-methyl/N-ethyl adjacent to an activating group) is 1. The largest absolute Gasteiger partial charge is 0.390 e. The molecule has 0 radical (unpaired) electrons. The molecule has 0 amide bonds. The molecule has 0 fully saturated rings. The molecule has 3 nitrogen and oxygen atoms in total. The van der Waals surface area contributed by atoms with Gasteiger partial charge < -0.3 is 5.11 Å². The van der Waals surface area contributed by atoms with E-state index in [4.69, 9.17) is 4.99 Å². The lowest BCUT2D eigenvalue weighted by Crippen LogP contribution is -2.52. The lowest BCUT2D eigenvalue weighted by Gasteiger charge is -2.33. The van der Waals surface area contributed by atoms with Gasteiger partial charge in [0.2, 0.25) is 0 Å². The van der Waals surface area contributed by atoms with E-state index >= 15 is 0 Å². The zero-order valence-electron chi connectivity index (χ0n) is 17.7. The summed E-state index contributed by atoms with van der Waals surface area (Å²) in [4.78, 5) is 4.75. The average Bonchev–Trinajstić information content (AvgIpc) is 3.05. The van der Waals surface area contributed by atoms with Crippen LogP contribution < -0.4 is 0 Å². The molecular weight excluding hydrogens is 320 g/mol. The van der Waals surface area contributed by atoms with Crippen molar-refractivity contribution in [3.8, 4) is 0 Å². The molecule has 0 aliphatic carbocycles. The molecule has 1 rings (SSSR count). The van der Waals surface area contributed by atoms with E-state index in [1.807, 2.05) is 0 Å². The van der Waals surface area contributed by atoms with E-state index < -0.39 is 0 Å². The molecule has 0 bridgehead atoms. The summed E-state index contributed by atoms with van der Waals surface area (Å²) >= 11 is 0. The first-order valence-electron chi connectivity index (χ1n) is 11.4. The maximum atomic E-state index is 9.36. The van der Waals surface area contributed by atoms with Gasteiger partial charge in [-0.1, -0.05) is 64.0 Å². The van der Waals surface area contributed by atoms with Gasteiger partial charge in [0, 0.05) is 6.42 Å². The smallest absolute Gasteiger partial charge is 0.198 e. The number of aliphatic hydroxyl groups is 1. The third-order valence-corrected chi connectivity index (χ3v) is 5.92. The summed E-state index contributed by atoms with van der Waals surface area (Å²) in [5.41, 5.74) is 0. The summed E-state index contributed by atoms with van der Waals surface area (Å²) in [5, 5.41) is 9.36. The summed E-state index contributed by atoms with van der Waals surface area (Å²) in [7, 11) is 0. The number of nitrogens with zero attached hydrogens (tertiary/aromatic N) is 2. The number of hydrogen-bond donors (Lipinski definition) is 1. The van der Waals surface area contributed by atoms with E-state index in [1.54, 1.807) is 0 Å². The number of quaternary nitrogens is 1. The van der Waals surface area contributed by atoms with Gasteiger partial charge >= 0.3 is 0 Å². The van der Waals surface area contributed by atoms with Crippen molar-refractivity contribution in [1.29, 1.82) is 0 Å². The molecule has 0 aromatic carbocycles. The zero-order chi connectivity index (χ0) is 18.9. The summed E-state index contributed by atoms with van der Waals surface area (Å²) in [6.07, 6.45) is 22.0. The fourth-order valence-corrected chi connectivity index (χ4v) is 4.07. The van der Waals surface area contributed by atoms with Crippen molar-refractivity contribution < 1.29 is 9.59 Å². The van der Waals surface area contributed by atoms with E-state index in [-0.39, 0.29) is 6.61 Å². The van der Waals surface area contributed by atoms with E-state index in [0.717, 1.165) is 37.1 Å². The highest BCUT2D eigenvalue weighted by atomic mass is 16.3. The van der Waals surface area contributed by atoms with Crippen LogP contribution in [-0.4, -0.2) is 48.2 Å². The predicted octanol–water partition coefficient (Wildman–Crippen LogP) is 5.87. The molecule has 152 valence electrons. The first kappa shape index (κ1) is 23.4. The standard InChI is InChI=1S/C23H45N2O/c1-3-5-6-7-8-9-10-11-12-13-14-15-16-17-18-23-24-19-20-25(23,4-2)21-22-26/h8-9,26H,3-7,10-22H2,1-2H3/q+1/b9-8+. The van der Waals surface area contributed by atoms with Crippen molar-refractivity contribution in [2.24, 2.45) is 4.99 Å². The highest BCUT2D eigenvalue weighted by Crippen LogP contribution is 2.20. The number of aliphatic hydroxyl groups excluding tert-OH is 1. The third kappa shape index (κ3) is 9.32. The van der Waals surface area contributed by atoms with Crippen LogP contribution in [0.3, 0.4) is 0 Å². The van der Waals surface area contributed by atoms with Crippen LogP contribution in [0, 0.1) is 0 Å². The SMILES string of the molecule is CCCCC/C=C/CCCCCCCCCC1=NCC[N+]1(CC)CCO. The maximum absolute atomic E-state index is 9.36. The molecule has 3 heteroatoms. The minimum atomic E-state index is 0.279. The molecule has 1 heterocycles. The number of unbranched alkanes of at least 4 members (excludes halogenated alkanes) is 10. The van der Waals surface area contributed by atoms with Gasteiger partial charge in [-0.25, -0.2) is 4.99 Å². The van der Waals surface area contributed by atoms with E-state index in [1.165, 1.54) is 82.9 Å². The molecule has 1 atom stereocenters. The Hall–Kier alpha value is -0.670. The third-order valence-electron chi connectivity index (χ3n) is 5.92. The molecule has 1 aliphatic heterocycles. The normalized spacial score (nSPS) is 20.2. The molecule has 0 aromatic heterocycles. The molecule has 1 N–H and O–H groups in total. The van der Waals surface area contributed by atoms with E-state index in [9.17, 15) is 5.11 Å². The minimum Gasteiger partial charge on any atom is -0.390 e.